The lowest BCUT2D eigenvalue weighted by atomic mass is 9.63. The summed E-state index contributed by atoms with van der Waals surface area (Å²) in [5.74, 6) is 1.99. The van der Waals surface area contributed by atoms with E-state index in [1.54, 1.807) is 0 Å². The van der Waals surface area contributed by atoms with Crippen molar-refractivity contribution in [1.29, 1.82) is 0 Å². The van der Waals surface area contributed by atoms with Crippen LogP contribution in [0.5, 0.6) is 0 Å². The summed E-state index contributed by atoms with van der Waals surface area (Å²) in [5.41, 5.74) is 1.74. The Hall–Kier alpha value is 0. The molecule has 2 aliphatic rings. The van der Waals surface area contributed by atoms with E-state index in [9.17, 15) is 0 Å². The van der Waals surface area contributed by atoms with Gasteiger partial charge in [-0.25, -0.2) is 0 Å². The van der Waals surface area contributed by atoms with E-state index in [1.165, 1.54) is 25.7 Å². The third-order valence-corrected chi connectivity index (χ3v) is 5.83. The van der Waals surface area contributed by atoms with Crippen molar-refractivity contribution < 1.29 is 0 Å². The molecule has 15 heavy (non-hydrogen) atoms. The van der Waals surface area contributed by atoms with Crippen LogP contribution in [0, 0.1) is 28.1 Å². The second-order valence-corrected chi connectivity index (χ2v) is 8.07. The van der Waals surface area contributed by atoms with Crippen LogP contribution in [0.2, 0.25) is 0 Å². The highest BCUT2D eigenvalue weighted by Crippen LogP contribution is 2.69. The minimum Gasteiger partial charge on any atom is -0.0602 e. The predicted molar refractivity (Wildman–Crippen MR) is 66.8 cm³/mol. The number of fused-ring (bicyclic) bond motifs is 2. The van der Waals surface area contributed by atoms with Gasteiger partial charge in [-0.2, -0.15) is 0 Å². The molecule has 88 valence electrons. The van der Waals surface area contributed by atoms with Gasteiger partial charge in [-0.05, 0) is 53.8 Å². The maximum Gasteiger partial charge on any atom is -0.0243 e. The minimum atomic E-state index is 0.508. The average Bonchev–Trinajstić information content (AvgIpc) is 2.34. The van der Waals surface area contributed by atoms with Crippen LogP contribution in [0.25, 0.3) is 0 Å². The zero-order valence-electron chi connectivity index (χ0n) is 11.5. The van der Waals surface area contributed by atoms with E-state index in [0.717, 1.165) is 11.8 Å². The Labute approximate surface area is 95.8 Å². The summed E-state index contributed by atoms with van der Waals surface area (Å²) in [5, 5.41) is 0. The van der Waals surface area contributed by atoms with Crippen molar-refractivity contribution in [3.05, 3.63) is 0 Å². The molecule has 2 fully saturated rings. The Morgan fingerprint density at radius 2 is 1.73 bits per heavy atom. The van der Waals surface area contributed by atoms with Gasteiger partial charge in [0.05, 0.1) is 0 Å². The Morgan fingerprint density at radius 1 is 1.13 bits per heavy atom. The smallest absolute Gasteiger partial charge is 0.0243 e. The molecule has 2 rings (SSSR count). The van der Waals surface area contributed by atoms with Gasteiger partial charge in [0.2, 0.25) is 0 Å². The first-order valence-electron chi connectivity index (χ1n) is 6.67. The average molecular weight is 208 g/mol. The minimum absolute atomic E-state index is 0.508. The fourth-order valence-corrected chi connectivity index (χ4v) is 4.42. The molecule has 2 saturated carbocycles. The first-order chi connectivity index (χ1) is 6.67. The van der Waals surface area contributed by atoms with Crippen LogP contribution in [-0.2, 0) is 0 Å². The molecule has 0 aliphatic heterocycles. The SMILES string of the molecule is CC(C)(C)CC1CC2CCC1(C)C2(C)C. The van der Waals surface area contributed by atoms with Crippen molar-refractivity contribution in [2.45, 2.75) is 67.2 Å². The quantitative estimate of drug-likeness (QED) is 0.576. The van der Waals surface area contributed by atoms with Gasteiger partial charge in [0, 0.05) is 0 Å². The zero-order valence-corrected chi connectivity index (χ0v) is 11.5. The van der Waals surface area contributed by atoms with Crippen molar-refractivity contribution in [2.75, 3.05) is 0 Å². The van der Waals surface area contributed by atoms with E-state index in [0.29, 0.717) is 16.2 Å². The van der Waals surface area contributed by atoms with E-state index in [1.807, 2.05) is 0 Å². The Morgan fingerprint density at radius 3 is 2.07 bits per heavy atom. The standard InChI is InChI=1S/C15H28/c1-13(2,3)10-12-9-11-7-8-15(12,6)14(11,4)5/h11-12H,7-10H2,1-6H3. The van der Waals surface area contributed by atoms with Gasteiger partial charge in [0.15, 0.2) is 0 Å². The van der Waals surface area contributed by atoms with Crippen molar-refractivity contribution in [1.82, 2.24) is 0 Å². The van der Waals surface area contributed by atoms with E-state index < -0.39 is 0 Å². The van der Waals surface area contributed by atoms with E-state index in [2.05, 4.69) is 41.5 Å². The predicted octanol–water partition coefficient (Wildman–Crippen LogP) is 4.89. The summed E-state index contributed by atoms with van der Waals surface area (Å²) >= 11 is 0. The van der Waals surface area contributed by atoms with Gasteiger partial charge in [0.25, 0.3) is 0 Å². The molecule has 3 atom stereocenters. The van der Waals surface area contributed by atoms with Crippen molar-refractivity contribution in [3.63, 3.8) is 0 Å². The largest absolute Gasteiger partial charge is 0.0602 e. The Bertz CT molecular complexity index is 256. The molecule has 2 aliphatic carbocycles. The summed E-state index contributed by atoms with van der Waals surface area (Å²) in [6.45, 7) is 14.8. The summed E-state index contributed by atoms with van der Waals surface area (Å²) in [6, 6.07) is 0. The second kappa shape index (κ2) is 3.02. The molecule has 3 unspecified atom stereocenters. The van der Waals surface area contributed by atoms with Gasteiger partial charge >= 0.3 is 0 Å². The van der Waals surface area contributed by atoms with Crippen LogP contribution in [-0.4, -0.2) is 0 Å². The molecule has 0 radical (unpaired) electrons. The lowest BCUT2D eigenvalue weighted by molar-refractivity contribution is 0.0768. The first kappa shape index (κ1) is 11.5. The molecule has 0 N–H and O–H groups in total. The van der Waals surface area contributed by atoms with Crippen LogP contribution in [0.15, 0.2) is 0 Å². The molecule has 0 heterocycles. The molecule has 0 spiro atoms. The molecule has 0 aromatic rings. The van der Waals surface area contributed by atoms with Crippen molar-refractivity contribution in [3.8, 4) is 0 Å². The van der Waals surface area contributed by atoms with Gasteiger partial charge in [-0.3, -0.25) is 0 Å². The molecule has 0 nitrogen and oxygen atoms in total. The second-order valence-electron chi connectivity index (χ2n) is 8.07. The molecule has 0 aromatic carbocycles. The van der Waals surface area contributed by atoms with Gasteiger partial charge < -0.3 is 0 Å². The number of hydrogen-bond acceptors (Lipinski definition) is 0. The summed E-state index contributed by atoms with van der Waals surface area (Å²) in [6.07, 6.45) is 5.89. The molecule has 0 saturated heterocycles. The van der Waals surface area contributed by atoms with Crippen LogP contribution in [0.4, 0.5) is 0 Å². The van der Waals surface area contributed by atoms with E-state index in [-0.39, 0.29) is 0 Å². The Kier molecular flexibility index (Phi) is 2.31. The topological polar surface area (TPSA) is 0 Å². The molecule has 2 bridgehead atoms. The number of hydrogen-bond donors (Lipinski definition) is 0. The zero-order chi connectivity index (χ0) is 11.5. The van der Waals surface area contributed by atoms with Gasteiger partial charge in [0.1, 0.15) is 0 Å². The highest BCUT2D eigenvalue weighted by molar-refractivity contribution is 5.10. The van der Waals surface area contributed by atoms with Crippen molar-refractivity contribution >= 4 is 0 Å². The van der Waals surface area contributed by atoms with Crippen LogP contribution in [0.3, 0.4) is 0 Å². The summed E-state index contributed by atoms with van der Waals surface area (Å²) < 4.78 is 0. The van der Waals surface area contributed by atoms with E-state index in [4.69, 9.17) is 0 Å². The molecule has 0 amide bonds. The molecule has 0 aromatic heterocycles. The summed E-state index contributed by atoms with van der Waals surface area (Å²) in [4.78, 5) is 0. The maximum atomic E-state index is 2.57. The van der Waals surface area contributed by atoms with Gasteiger partial charge in [-0.1, -0.05) is 41.5 Å². The first-order valence-corrected chi connectivity index (χ1v) is 6.67. The van der Waals surface area contributed by atoms with Crippen LogP contribution in [0.1, 0.15) is 67.2 Å². The fourth-order valence-electron chi connectivity index (χ4n) is 4.42. The highest BCUT2D eigenvalue weighted by Gasteiger charge is 2.61. The number of rotatable bonds is 1. The molecular formula is C15H28. The Balaban J connectivity index is 2.19. The van der Waals surface area contributed by atoms with E-state index >= 15 is 0 Å². The monoisotopic (exact) mass is 208 g/mol. The maximum absolute atomic E-state index is 2.57. The molecular weight excluding hydrogens is 180 g/mol. The normalized spacial score (nSPS) is 43.6. The van der Waals surface area contributed by atoms with Crippen LogP contribution >= 0.6 is 0 Å². The lowest BCUT2D eigenvalue weighted by Gasteiger charge is -2.41. The lowest BCUT2D eigenvalue weighted by Crippen LogP contribution is -2.34. The summed E-state index contributed by atoms with van der Waals surface area (Å²) in [7, 11) is 0. The van der Waals surface area contributed by atoms with Gasteiger partial charge in [-0.15, -0.1) is 0 Å². The van der Waals surface area contributed by atoms with Crippen molar-refractivity contribution in [2.24, 2.45) is 28.1 Å². The molecule has 0 heteroatoms. The highest BCUT2D eigenvalue weighted by atomic mass is 14.7. The third-order valence-electron chi connectivity index (χ3n) is 5.83. The van der Waals surface area contributed by atoms with Crippen LogP contribution < -0.4 is 0 Å². The fraction of sp³-hybridized carbons (Fsp3) is 1.00. The third kappa shape index (κ3) is 1.56.